The van der Waals surface area contributed by atoms with Gasteiger partial charge in [-0.1, -0.05) is 12.1 Å². The Kier molecular flexibility index (Phi) is 4.48. The minimum Gasteiger partial charge on any atom is -0.454 e. The Morgan fingerprint density at radius 3 is 2.88 bits per heavy atom. The molecule has 1 aliphatic heterocycles. The van der Waals surface area contributed by atoms with Crippen molar-refractivity contribution in [2.24, 2.45) is 0 Å². The minimum atomic E-state index is -0.413. The molecule has 0 atom stereocenters. The summed E-state index contributed by atoms with van der Waals surface area (Å²) in [5, 5.41) is 17.4. The van der Waals surface area contributed by atoms with E-state index in [1.807, 2.05) is 18.2 Å². The minimum absolute atomic E-state index is 0.0542. The van der Waals surface area contributed by atoms with Crippen LogP contribution in [0.15, 0.2) is 36.4 Å². The molecule has 2 aromatic rings. The number of hydrogen-bond donors (Lipinski definition) is 2. The van der Waals surface area contributed by atoms with E-state index in [0.717, 1.165) is 11.3 Å². The van der Waals surface area contributed by atoms with Crippen molar-refractivity contribution in [3.05, 3.63) is 57.6 Å². The van der Waals surface area contributed by atoms with Gasteiger partial charge in [-0.2, -0.15) is 0 Å². The van der Waals surface area contributed by atoms with Gasteiger partial charge in [0.25, 0.3) is 5.69 Å². The molecular weight excluding hydrogens is 330 g/mol. The van der Waals surface area contributed by atoms with Crippen LogP contribution < -0.4 is 20.1 Å². The third kappa shape index (κ3) is 3.38. The number of rotatable bonds is 4. The van der Waals surface area contributed by atoms with Gasteiger partial charge in [0, 0.05) is 18.3 Å². The number of hydrogen-bond acceptors (Lipinski definition) is 5. The van der Waals surface area contributed by atoms with Gasteiger partial charge < -0.3 is 20.1 Å². The lowest BCUT2D eigenvalue weighted by Crippen LogP contribution is -2.28. The molecule has 1 aliphatic rings. The number of nitro groups is 1. The van der Waals surface area contributed by atoms with Crippen molar-refractivity contribution in [3.8, 4) is 11.5 Å². The average molecular weight is 345 g/mol. The normalized spacial score (nSPS) is 11.9. The highest BCUT2D eigenvalue weighted by Gasteiger charge is 2.15. The molecule has 8 heteroatoms. The number of ether oxygens (including phenoxy) is 2. The zero-order valence-corrected chi connectivity index (χ0v) is 13.7. The molecule has 0 unspecified atom stereocenters. The molecule has 0 radical (unpaired) electrons. The number of nitrogens with zero attached hydrogens (tertiary/aromatic N) is 1. The maximum Gasteiger partial charge on any atom is 0.274 e. The molecule has 2 N–H and O–H groups in total. The first-order valence-corrected chi connectivity index (χ1v) is 7.63. The van der Waals surface area contributed by atoms with Crippen LogP contribution in [0.1, 0.15) is 11.1 Å². The summed E-state index contributed by atoms with van der Waals surface area (Å²) in [6, 6.07) is 10.5. The Balaban J connectivity index is 1.62. The second kappa shape index (κ2) is 6.71. The fourth-order valence-electron chi connectivity index (χ4n) is 2.36. The van der Waals surface area contributed by atoms with Crippen molar-refractivity contribution in [1.82, 2.24) is 5.32 Å². The van der Waals surface area contributed by atoms with Gasteiger partial charge in [-0.15, -0.1) is 0 Å². The van der Waals surface area contributed by atoms with Crippen molar-refractivity contribution in [3.63, 3.8) is 0 Å². The lowest BCUT2D eigenvalue weighted by Gasteiger charge is -2.12. The summed E-state index contributed by atoms with van der Waals surface area (Å²) in [6.07, 6.45) is 0. The fraction of sp³-hybridized carbons (Fsp3) is 0.188. The SMILES string of the molecule is Cc1c(NC(=S)NCc2ccc3c(c2)OCO3)cccc1[N+](=O)[O-]. The Hall–Kier alpha value is -2.87. The molecule has 0 aliphatic carbocycles. The summed E-state index contributed by atoms with van der Waals surface area (Å²) in [5.41, 5.74) is 2.18. The highest BCUT2D eigenvalue weighted by molar-refractivity contribution is 7.80. The maximum absolute atomic E-state index is 11.0. The van der Waals surface area contributed by atoms with Crippen molar-refractivity contribution in [1.29, 1.82) is 0 Å². The van der Waals surface area contributed by atoms with Crippen LogP contribution >= 0.6 is 12.2 Å². The summed E-state index contributed by atoms with van der Waals surface area (Å²) in [5.74, 6) is 1.44. The molecule has 0 saturated heterocycles. The van der Waals surface area contributed by atoms with Crippen LogP contribution in [-0.2, 0) is 6.54 Å². The first-order chi connectivity index (χ1) is 11.5. The molecular formula is C16H15N3O4S. The predicted molar refractivity (Wildman–Crippen MR) is 93.5 cm³/mol. The quantitative estimate of drug-likeness (QED) is 0.500. The van der Waals surface area contributed by atoms with E-state index in [9.17, 15) is 10.1 Å². The zero-order chi connectivity index (χ0) is 17.1. The van der Waals surface area contributed by atoms with E-state index in [1.54, 1.807) is 19.1 Å². The van der Waals surface area contributed by atoms with E-state index in [2.05, 4.69) is 10.6 Å². The van der Waals surface area contributed by atoms with Gasteiger partial charge in [0.2, 0.25) is 6.79 Å². The molecule has 2 aromatic carbocycles. The largest absolute Gasteiger partial charge is 0.454 e. The average Bonchev–Trinajstić information content (AvgIpc) is 3.02. The molecule has 3 rings (SSSR count). The van der Waals surface area contributed by atoms with Crippen molar-refractivity contribution in [2.75, 3.05) is 12.1 Å². The second-order valence-corrected chi connectivity index (χ2v) is 5.61. The van der Waals surface area contributed by atoms with Crippen LogP contribution in [0.2, 0.25) is 0 Å². The summed E-state index contributed by atoms with van der Waals surface area (Å²) in [7, 11) is 0. The third-order valence-corrected chi connectivity index (χ3v) is 3.89. The number of anilines is 1. The van der Waals surface area contributed by atoms with E-state index in [-0.39, 0.29) is 12.5 Å². The van der Waals surface area contributed by atoms with E-state index in [1.165, 1.54) is 6.07 Å². The first kappa shape index (κ1) is 16.0. The van der Waals surface area contributed by atoms with Crippen molar-refractivity contribution < 1.29 is 14.4 Å². The smallest absolute Gasteiger partial charge is 0.274 e. The molecule has 124 valence electrons. The van der Waals surface area contributed by atoms with Gasteiger partial charge in [-0.25, -0.2) is 0 Å². The number of nitrogens with one attached hydrogen (secondary N) is 2. The molecule has 0 aromatic heterocycles. The Bertz CT molecular complexity index is 810. The highest BCUT2D eigenvalue weighted by atomic mass is 32.1. The predicted octanol–water partition coefficient (Wildman–Crippen LogP) is 3.12. The van der Waals surface area contributed by atoms with Gasteiger partial charge in [0.1, 0.15) is 0 Å². The van der Waals surface area contributed by atoms with Crippen molar-refractivity contribution in [2.45, 2.75) is 13.5 Å². The third-order valence-electron chi connectivity index (χ3n) is 3.64. The standard InChI is InChI=1S/C16H15N3O4S/c1-10-12(3-2-4-13(10)19(20)21)18-16(24)17-8-11-5-6-14-15(7-11)23-9-22-14/h2-7H,8-9H2,1H3,(H2,17,18,24). The van der Waals surface area contributed by atoms with Crippen LogP contribution in [0.3, 0.4) is 0 Å². The van der Waals surface area contributed by atoms with Crippen LogP contribution in [0.25, 0.3) is 0 Å². The van der Waals surface area contributed by atoms with Gasteiger partial charge in [0.15, 0.2) is 16.6 Å². The first-order valence-electron chi connectivity index (χ1n) is 7.22. The summed E-state index contributed by atoms with van der Waals surface area (Å²) in [4.78, 5) is 10.6. The van der Waals surface area contributed by atoms with Crippen molar-refractivity contribution >= 4 is 28.7 Å². The highest BCUT2D eigenvalue weighted by Crippen LogP contribution is 2.32. The Labute approximate surface area is 143 Å². The maximum atomic E-state index is 11.0. The van der Waals surface area contributed by atoms with Crippen LogP contribution in [0.5, 0.6) is 11.5 Å². The summed E-state index contributed by atoms with van der Waals surface area (Å²) in [6.45, 7) is 2.41. The number of benzene rings is 2. The summed E-state index contributed by atoms with van der Waals surface area (Å²) < 4.78 is 10.6. The van der Waals surface area contributed by atoms with Crippen LogP contribution in [0.4, 0.5) is 11.4 Å². The summed E-state index contributed by atoms with van der Waals surface area (Å²) >= 11 is 5.26. The Morgan fingerprint density at radius 1 is 1.29 bits per heavy atom. The van der Waals surface area contributed by atoms with E-state index in [0.29, 0.717) is 28.7 Å². The van der Waals surface area contributed by atoms with Crippen LogP contribution in [-0.4, -0.2) is 16.8 Å². The molecule has 1 heterocycles. The van der Waals surface area contributed by atoms with Gasteiger partial charge in [0.05, 0.1) is 10.5 Å². The molecule has 7 nitrogen and oxygen atoms in total. The molecule has 0 spiro atoms. The van der Waals surface area contributed by atoms with E-state index >= 15 is 0 Å². The second-order valence-electron chi connectivity index (χ2n) is 5.20. The monoisotopic (exact) mass is 345 g/mol. The van der Waals surface area contributed by atoms with Gasteiger partial charge in [-0.05, 0) is 42.9 Å². The number of fused-ring (bicyclic) bond motifs is 1. The number of nitro benzene ring substituents is 1. The lowest BCUT2D eigenvalue weighted by atomic mass is 10.1. The number of thiocarbonyl (C=S) groups is 1. The van der Waals surface area contributed by atoms with Crippen LogP contribution in [0, 0.1) is 17.0 Å². The van der Waals surface area contributed by atoms with Gasteiger partial charge >= 0.3 is 0 Å². The fourth-order valence-corrected chi connectivity index (χ4v) is 2.54. The molecule has 0 saturated carbocycles. The molecule has 0 bridgehead atoms. The van der Waals surface area contributed by atoms with E-state index < -0.39 is 4.92 Å². The lowest BCUT2D eigenvalue weighted by molar-refractivity contribution is -0.385. The van der Waals surface area contributed by atoms with Gasteiger partial charge in [-0.3, -0.25) is 10.1 Å². The van der Waals surface area contributed by atoms with E-state index in [4.69, 9.17) is 21.7 Å². The molecule has 0 amide bonds. The molecule has 24 heavy (non-hydrogen) atoms. The Morgan fingerprint density at radius 2 is 2.08 bits per heavy atom. The molecule has 0 fully saturated rings. The zero-order valence-electron chi connectivity index (χ0n) is 12.9. The topological polar surface area (TPSA) is 85.7 Å².